The van der Waals surface area contributed by atoms with Crippen LogP contribution in [-0.2, 0) is 17.8 Å². The van der Waals surface area contributed by atoms with Crippen LogP contribution < -0.4 is 10.2 Å². The molecular weight excluding hydrogens is 290 g/mol. The van der Waals surface area contributed by atoms with Crippen molar-refractivity contribution in [3.8, 4) is 0 Å². The lowest BCUT2D eigenvalue weighted by molar-refractivity contribution is -0.00545. The van der Waals surface area contributed by atoms with Crippen molar-refractivity contribution in [3.05, 3.63) is 41.3 Å². The molecule has 124 valence electrons. The predicted octanol–water partition coefficient (Wildman–Crippen LogP) is 2.02. The molecule has 23 heavy (non-hydrogen) atoms. The lowest BCUT2D eigenvalue weighted by Gasteiger charge is -2.36. The Hall–Kier alpha value is -1.92. The fourth-order valence-electron chi connectivity index (χ4n) is 2.97. The summed E-state index contributed by atoms with van der Waals surface area (Å²) in [5.74, 6) is 1.03. The Morgan fingerprint density at radius 2 is 2.00 bits per heavy atom. The van der Waals surface area contributed by atoms with Gasteiger partial charge < -0.3 is 15.0 Å². The van der Waals surface area contributed by atoms with Gasteiger partial charge in [-0.15, -0.1) is 0 Å². The third-order valence-corrected chi connectivity index (χ3v) is 4.13. The van der Waals surface area contributed by atoms with Crippen molar-refractivity contribution in [3.63, 3.8) is 0 Å². The van der Waals surface area contributed by atoms with Gasteiger partial charge in [0.2, 0.25) is 0 Å². The summed E-state index contributed by atoms with van der Waals surface area (Å²) in [6.45, 7) is 9.65. The van der Waals surface area contributed by atoms with E-state index in [0.29, 0.717) is 0 Å². The molecule has 6 nitrogen and oxygen atoms in total. The van der Waals surface area contributed by atoms with E-state index in [1.54, 1.807) is 0 Å². The smallest absolute Gasteiger partial charge is 0.128 e. The van der Waals surface area contributed by atoms with E-state index in [1.807, 2.05) is 19.3 Å². The average Bonchev–Trinajstić information content (AvgIpc) is 2.92. The molecule has 0 saturated carbocycles. The van der Waals surface area contributed by atoms with Crippen LogP contribution >= 0.6 is 0 Å². The highest BCUT2D eigenvalue weighted by Gasteiger charge is 2.22. The number of rotatable bonds is 5. The van der Waals surface area contributed by atoms with Crippen molar-refractivity contribution in [2.75, 3.05) is 18.0 Å². The molecule has 0 radical (unpaired) electrons. The van der Waals surface area contributed by atoms with Crippen molar-refractivity contribution in [1.82, 2.24) is 20.5 Å². The van der Waals surface area contributed by atoms with Crippen molar-refractivity contribution >= 4 is 5.82 Å². The zero-order valence-electron chi connectivity index (χ0n) is 14.0. The third-order valence-electron chi connectivity index (χ3n) is 4.13. The number of pyridine rings is 1. The fourth-order valence-corrected chi connectivity index (χ4v) is 2.97. The van der Waals surface area contributed by atoms with Gasteiger partial charge in [0.1, 0.15) is 5.82 Å². The largest absolute Gasteiger partial charge is 0.372 e. The maximum Gasteiger partial charge on any atom is 0.128 e. The van der Waals surface area contributed by atoms with Crippen LogP contribution in [0.3, 0.4) is 0 Å². The number of morpholine rings is 1. The first kappa shape index (κ1) is 16.0. The van der Waals surface area contributed by atoms with E-state index in [1.165, 1.54) is 11.1 Å². The Bertz CT molecular complexity index is 614. The summed E-state index contributed by atoms with van der Waals surface area (Å²) >= 11 is 0. The highest BCUT2D eigenvalue weighted by molar-refractivity contribution is 5.40. The van der Waals surface area contributed by atoms with E-state index in [-0.39, 0.29) is 12.2 Å². The molecule has 6 heteroatoms. The van der Waals surface area contributed by atoms with E-state index < -0.39 is 0 Å². The molecule has 1 saturated heterocycles. The van der Waals surface area contributed by atoms with Crippen molar-refractivity contribution in [2.24, 2.45) is 0 Å². The first-order valence-electron chi connectivity index (χ1n) is 8.16. The molecule has 3 heterocycles. The van der Waals surface area contributed by atoms with E-state index in [4.69, 9.17) is 4.74 Å². The number of hydrogen-bond acceptors (Lipinski definition) is 5. The van der Waals surface area contributed by atoms with Gasteiger partial charge in [0, 0.05) is 43.6 Å². The predicted molar refractivity (Wildman–Crippen MR) is 90.3 cm³/mol. The van der Waals surface area contributed by atoms with Gasteiger partial charge in [-0.25, -0.2) is 4.98 Å². The monoisotopic (exact) mass is 315 g/mol. The number of aromatic amines is 1. The maximum atomic E-state index is 5.77. The summed E-state index contributed by atoms with van der Waals surface area (Å²) < 4.78 is 5.77. The summed E-state index contributed by atoms with van der Waals surface area (Å²) in [4.78, 5) is 6.91. The van der Waals surface area contributed by atoms with Gasteiger partial charge in [-0.2, -0.15) is 5.10 Å². The Labute approximate surface area is 137 Å². The summed E-state index contributed by atoms with van der Waals surface area (Å²) in [6, 6.07) is 4.24. The lowest BCUT2D eigenvalue weighted by Crippen LogP contribution is -2.45. The molecule has 2 aromatic heterocycles. The Morgan fingerprint density at radius 3 is 2.61 bits per heavy atom. The zero-order chi connectivity index (χ0) is 16.2. The van der Waals surface area contributed by atoms with Crippen molar-refractivity contribution in [2.45, 2.75) is 46.1 Å². The van der Waals surface area contributed by atoms with Crippen LogP contribution in [0.15, 0.2) is 24.5 Å². The molecule has 0 bridgehead atoms. The number of anilines is 1. The van der Waals surface area contributed by atoms with E-state index in [0.717, 1.165) is 37.7 Å². The van der Waals surface area contributed by atoms with Crippen LogP contribution in [0.5, 0.6) is 0 Å². The van der Waals surface area contributed by atoms with Crippen LogP contribution in [0, 0.1) is 6.92 Å². The first-order valence-corrected chi connectivity index (χ1v) is 8.16. The van der Waals surface area contributed by atoms with E-state index in [9.17, 15) is 0 Å². The second kappa shape index (κ2) is 7.10. The second-order valence-electron chi connectivity index (χ2n) is 6.31. The Morgan fingerprint density at radius 1 is 1.22 bits per heavy atom. The SMILES string of the molecule is Cc1[nH]ncc1CNCc1ccc(N2C[C@H](C)O[C@@H](C)C2)nc1. The highest BCUT2D eigenvalue weighted by Crippen LogP contribution is 2.18. The van der Waals surface area contributed by atoms with Crippen molar-refractivity contribution < 1.29 is 4.74 Å². The minimum atomic E-state index is 0.250. The quantitative estimate of drug-likeness (QED) is 0.883. The molecule has 0 amide bonds. The van der Waals surface area contributed by atoms with Crippen LogP contribution in [0.4, 0.5) is 5.82 Å². The van der Waals surface area contributed by atoms with Gasteiger partial charge in [-0.1, -0.05) is 6.07 Å². The van der Waals surface area contributed by atoms with Crippen molar-refractivity contribution in [1.29, 1.82) is 0 Å². The number of aryl methyl sites for hydroxylation is 1. The molecule has 3 rings (SSSR count). The molecule has 0 aliphatic carbocycles. The van der Waals surface area contributed by atoms with E-state index in [2.05, 4.69) is 51.4 Å². The second-order valence-corrected chi connectivity index (χ2v) is 6.31. The summed E-state index contributed by atoms with van der Waals surface area (Å²) in [5, 5.41) is 10.4. The molecule has 1 aliphatic heterocycles. The summed E-state index contributed by atoms with van der Waals surface area (Å²) in [5.41, 5.74) is 3.50. The maximum absolute atomic E-state index is 5.77. The number of ether oxygens (including phenoxy) is 1. The normalized spacial score (nSPS) is 21.6. The van der Waals surface area contributed by atoms with Gasteiger partial charge in [-0.05, 0) is 32.4 Å². The van der Waals surface area contributed by atoms with Gasteiger partial charge >= 0.3 is 0 Å². The van der Waals surface area contributed by atoms with Gasteiger partial charge in [0.05, 0.1) is 18.4 Å². The molecule has 0 spiro atoms. The van der Waals surface area contributed by atoms with Gasteiger partial charge in [-0.3, -0.25) is 5.10 Å². The van der Waals surface area contributed by atoms with Crippen LogP contribution in [-0.4, -0.2) is 40.5 Å². The molecular formula is C17H25N5O. The average molecular weight is 315 g/mol. The third kappa shape index (κ3) is 4.09. The molecule has 1 aliphatic rings. The van der Waals surface area contributed by atoms with Crippen LogP contribution in [0.25, 0.3) is 0 Å². The standard InChI is InChI=1S/C17H25N5O/c1-12-10-22(11-13(2)23-12)17-5-4-15(7-19-17)6-18-8-16-9-20-21-14(16)3/h4-5,7,9,12-13,18H,6,8,10-11H2,1-3H3,(H,20,21)/t12-,13-/m0/s1. The first-order chi connectivity index (χ1) is 11.1. The Kier molecular flexibility index (Phi) is 4.93. The van der Waals surface area contributed by atoms with Crippen LogP contribution in [0.2, 0.25) is 0 Å². The lowest BCUT2D eigenvalue weighted by atomic mass is 10.2. The molecule has 2 aromatic rings. The van der Waals surface area contributed by atoms with Gasteiger partial charge in [0.15, 0.2) is 0 Å². The summed E-state index contributed by atoms with van der Waals surface area (Å²) in [7, 11) is 0. The van der Waals surface area contributed by atoms with Gasteiger partial charge in [0.25, 0.3) is 0 Å². The van der Waals surface area contributed by atoms with E-state index >= 15 is 0 Å². The Balaban J connectivity index is 1.53. The zero-order valence-corrected chi connectivity index (χ0v) is 14.0. The number of nitrogens with zero attached hydrogens (tertiary/aromatic N) is 3. The minimum absolute atomic E-state index is 0.250. The number of hydrogen-bond donors (Lipinski definition) is 2. The number of aromatic nitrogens is 3. The topological polar surface area (TPSA) is 66.1 Å². The van der Waals surface area contributed by atoms with Crippen LogP contribution in [0.1, 0.15) is 30.7 Å². The number of nitrogens with one attached hydrogen (secondary N) is 2. The number of H-pyrrole nitrogens is 1. The fraction of sp³-hybridized carbons (Fsp3) is 0.529. The summed E-state index contributed by atoms with van der Waals surface area (Å²) in [6.07, 6.45) is 4.32. The molecule has 0 unspecified atom stereocenters. The molecule has 1 fully saturated rings. The molecule has 2 N–H and O–H groups in total. The highest BCUT2D eigenvalue weighted by atomic mass is 16.5. The molecule has 2 atom stereocenters. The molecule has 0 aromatic carbocycles. The minimum Gasteiger partial charge on any atom is -0.372 e.